The molecule has 5 heteroatoms. The molecule has 2 rings (SSSR count). The highest BCUT2D eigenvalue weighted by atomic mass is 35.5. The van der Waals surface area contributed by atoms with Crippen molar-refractivity contribution in [1.29, 1.82) is 0 Å². The summed E-state index contributed by atoms with van der Waals surface area (Å²) >= 11 is 0. The van der Waals surface area contributed by atoms with E-state index in [1.807, 2.05) is 4.90 Å². The molecule has 1 atom stereocenters. The van der Waals surface area contributed by atoms with E-state index in [0.29, 0.717) is 18.4 Å². The summed E-state index contributed by atoms with van der Waals surface area (Å²) in [6.07, 6.45) is 4.06. The molecule has 2 heterocycles. The number of nitrogens with one attached hydrogen (secondary N) is 1. The summed E-state index contributed by atoms with van der Waals surface area (Å²) in [5.41, 5.74) is 0.390. The Morgan fingerprint density at radius 2 is 2.16 bits per heavy atom. The second-order valence-electron chi connectivity index (χ2n) is 6.33. The first-order valence-electron chi connectivity index (χ1n) is 7.16. The summed E-state index contributed by atoms with van der Waals surface area (Å²) in [4.78, 5) is 14.3. The molecule has 0 aliphatic carbocycles. The zero-order chi connectivity index (χ0) is 13.0. The first-order chi connectivity index (χ1) is 8.57. The molecular formula is C14H27ClN2O2. The van der Waals surface area contributed by atoms with Gasteiger partial charge in [0.25, 0.3) is 0 Å². The fraction of sp³-hybridized carbons (Fsp3) is 0.929. The van der Waals surface area contributed by atoms with E-state index in [1.54, 1.807) is 0 Å². The third-order valence-corrected chi connectivity index (χ3v) is 4.11. The second-order valence-corrected chi connectivity index (χ2v) is 6.33. The van der Waals surface area contributed by atoms with E-state index < -0.39 is 0 Å². The van der Waals surface area contributed by atoms with Crippen LogP contribution in [0.15, 0.2) is 0 Å². The molecule has 1 N–H and O–H groups in total. The molecule has 2 aliphatic rings. The van der Waals surface area contributed by atoms with Crippen molar-refractivity contribution in [3.05, 3.63) is 0 Å². The topological polar surface area (TPSA) is 41.6 Å². The highest BCUT2D eigenvalue weighted by molar-refractivity contribution is 5.85. The molecule has 4 nitrogen and oxygen atoms in total. The fourth-order valence-electron chi connectivity index (χ4n) is 2.76. The average molecular weight is 291 g/mol. The summed E-state index contributed by atoms with van der Waals surface area (Å²) < 4.78 is 5.39. The van der Waals surface area contributed by atoms with Gasteiger partial charge in [0.05, 0.1) is 13.2 Å². The standard InChI is InChI=1S/C14H26N2O2.ClH/c1-14(2)4-3-7-16(8-5-14)13(17)10-12-11-18-9-6-15-12;/h12,15H,3-11H2,1-2H3;1H. The summed E-state index contributed by atoms with van der Waals surface area (Å²) in [5, 5.41) is 3.35. The van der Waals surface area contributed by atoms with Crippen LogP contribution in [0, 0.1) is 5.41 Å². The molecular weight excluding hydrogens is 264 g/mol. The Kier molecular flexibility index (Phi) is 6.57. The maximum atomic E-state index is 12.3. The predicted molar refractivity (Wildman–Crippen MR) is 78.7 cm³/mol. The van der Waals surface area contributed by atoms with E-state index in [1.165, 1.54) is 6.42 Å². The Bertz CT molecular complexity index is 291. The number of rotatable bonds is 2. The van der Waals surface area contributed by atoms with Crippen molar-refractivity contribution in [1.82, 2.24) is 10.2 Å². The quantitative estimate of drug-likeness (QED) is 0.843. The van der Waals surface area contributed by atoms with Gasteiger partial charge in [0.1, 0.15) is 0 Å². The van der Waals surface area contributed by atoms with Gasteiger partial charge in [-0.2, -0.15) is 0 Å². The molecule has 1 unspecified atom stereocenters. The van der Waals surface area contributed by atoms with Crippen LogP contribution in [0.1, 0.15) is 39.5 Å². The Balaban J connectivity index is 0.00000180. The largest absolute Gasteiger partial charge is 0.378 e. The van der Waals surface area contributed by atoms with Crippen LogP contribution in [0.2, 0.25) is 0 Å². The van der Waals surface area contributed by atoms with E-state index in [-0.39, 0.29) is 24.4 Å². The monoisotopic (exact) mass is 290 g/mol. The van der Waals surface area contributed by atoms with Crippen LogP contribution in [0.25, 0.3) is 0 Å². The van der Waals surface area contributed by atoms with Crippen LogP contribution in [-0.2, 0) is 9.53 Å². The third kappa shape index (κ3) is 5.28. The second kappa shape index (κ2) is 7.46. The van der Waals surface area contributed by atoms with E-state index in [4.69, 9.17) is 4.74 Å². The lowest BCUT2D eigenvalue weighted by molar-refractivity contribution is -0.132. The molecule has 0 aromatic carbocycles. The number of carbonyl (C=O) groups excluding carboxylic acids is 1. The van der Waals surface area contributed by atoms with Gasteiger partial charge >= 0.3 is 0 Å². The Labute approximate surface area is 122 Å². The normalized spacial score (nSPS) is 27.3. The van der Waals surface area contributed by atoms with Gasteiger partial charge in [0.2, 0.25) is 5.91 Å². The molecule has 2 aliphatic heterocycles. The molecule has 0 bridgehead atoms. The Morgan fingerprint density at radius 1 is 1.37 bits per heavy atom. The minimum atomic E-state index is 0. The molecule has 0 aromatic heterocycles. The minimum Gasteiger partial charge on any atom is -0.378 e. The molecule has 19 heavy (non-hydrogen) atoms. The number of nitrogens with zero attached hydrogens (tertiary/aromatic N) is 1. The van der Waals surface area contributed by atoms with Crippen molar-refractivity contribution in [3.63, 3.8) is 0 Å². The predicted octanol–water partition coefficient (Wildman–Crippen LogP) is 1.83. The third-order valence-electron chi connectivity index (χ3n) is 4.11. The average Bonchev–Trinajstić information content (AvgIpc) is 2.51. The van der Waals surface area contributed by atoms with Crippen LogP contribution >= 0.6 is 12.4 Å². The Hall–Kier alpha value is -0.320. The number of amides is 1. The fourth-order valence-corrected chi connectivity index (χ4v) is 2.76. The SMILES string of the molecule is CC1(C)CCCN(C(=O)CC2COCCN2)CC1.Cl. The molecule has 0 aromatic rings. The zero-order valence-corrected chi connectivity index (χ0v) is 12.9. The van der Waals surface area contributed by atoms with E-state index in [2.05, 4.69) is 19.2 Å². The Morgan fingerprint density at radius 3 is 2.84 bits per heavy atom. The number of ether oxygens (including phenoxy) is 1. The molecule has 2 fully saturated rings. The van der Waals surface area contributed by atoms with Crippen molar-refractivity contribution in [2.24, 2.45) is 5.41 Å². The smallest absolute Gasteiger partial charge is 0.224 e. The maximum Gasteiger partial charge on any atom is 0.224 e. The molecule has 0 saturated carbocycles. The molecule has 112 valence electrons. The highest BCUT2D eigenvalue weighted by Gasteiger charge is 2.27. The van der Waals surface area contributed by atoms with Gasteiger partial charge in [-0.3, -0.25) is 4.79 Å². The van der Waals surface area contributed by atoms with E-state index in [9.17, 15) is 4.79 Å². The number of hydrogen-bond acceptors (Lipinski definition) is 3. The van der Waals surface area contributed by atoms with Gasteiger partial charge in [0, 0.05) is 32.1 Å². The molecule has 0 spiro atoms. The number of likely N-dealkylation sites (tertiary alicyclic amines) is 1. The minimum absolute atomic E-state index is 0. The van der Waals surface area contributed by atoms with E-state index in [0.717, 1.165) is 39.1 Å². The van der Waals surface area contributed by atoms with Crippen LogP contribution in [0.4, 0.5) is 0 Å². The summed E-state index contributed by atoms with van der Waals surface area (Å²) in [6.45, 7) is 8.75. The molecule has 0 radical (unpaired) electrons. The number of carbonyl (C=O) groups is 1. The maximum absolute atomic E-state index is 12.3. The van der Waals surface area contributed by atoms with E-state index >= 15 is 0 Å². The van der Waals surface area contributed by atoms with Crippen molar-refractivity contribution in [3.8, 4) is 0 Å². The lowest BCUT2D eigenvalue weighted by Crippen LogP contribution is -2.45. The summed E-state index contributed by atoms with van der Waals surface area (Å²) in [7, 11) is 0. The van der Waals surface area contributed by atoms with Gasteiger partial charge in [-0.25, -0.2) is 0 Å². The van der Waals surface area contributed by atoms with Crippen LogP contribution in [-0.4, -0.2) is 49.7 Å². The first-order valence-corrected chi connectivity index (χ1v) is 7.16. The molecule has 1 amide bonds. The van der Waals surface area contributed by atoms with Crippen LogP contribution in [0.3, 0.4) is 0 Å². The zero-order valence-electron chi connectivity index (χ0n) is 12.1. The van der Waals surface area contributed by atoms with Gasteiger partial charge < -0.3 is 15.0 Å². The molecule has 2 saturated heterocycles. The number of morpholine rings is 1. The van der Waals surface area contributed by atoms with Crippen molar-refractivity contribution in [2.45, 2.75) is 45.6 Å². The lowest BCUT2D eigenvalue weighted by atomic mass is 9.85. The lowest BCUT2D eigenvalue weighted by Gasteiger charge is -2.27. The van der Waals surface area contributed by atoms with Crippen molar-refractivity contribution in [2.75, 3.05) is 32.8 Å². The highest BCUT2D eigenvalue weighted by Crippen LogP contribution is 2.29. The van der Waals surface area contributed by atoms with Gasteiger partial charge in [-0.05, 0) is 24.7 Å². The van der Waals surface area contributed by atoms with Crippen molar-refractivity contribution < 1.29 is 9.53 Å². The van der Waals surface area contributed by atoms with Gasteiger partial charge in [-0.1, -0.05) is 13.8 Å². The van der Waals surface area contributed by atoms with Gasteiger partial charge in [-0.15, -0.1) is 12.4 Å². The number of hydrogen-bond donors (Lipinski definition) is 1. The summed E-state index contributed by atoms with van der Waals surface area (Å²) in [6, 6.07) is 0.211. The van der Waals surface area contributed by atoms with Crippen molar-refractivity contribution >= 4 is 18.3 Å². The van der Waals surface area contributed by atoms with Crippen LogP contribution < -0.4 is 5.32 Å². The summed E-state index contributed by atoms with van der Waals surface area (Å²) in [5.74, 6) is 0.288. The number of halogens is 1. The van der Waals surface area contributed by atoms with Crippen LogP contribution in [0.5, 0.6) is 0 Å². The first kappa shape index (κ1) is 16.7. The van der Waals surface area contributed by atoms with Gasteiger partial charge in [0.15, 0.2) is 0 Å².